The number of hydrogen-bond donors (Lipinski definition) is 2. The van der Waals surface area contributed by atoms with Crippen molar-refractivity contribution in [2.24, 2.45) is 5.92 Å². The highest BCUT2D eigenvalue weighted by Crippen LogP contribution is 2.18. The highest BCUT2D eigenvalue weighted by atomic mass is 32.2. The van der Waals surface area contributed by atoms with Gasteiger partial charge in [-0.25, -0.2) is 4.39 Å². The van der Waals surface area contributed by atoms with Gasteiger partial charge < -0.3 is 10.6 Å². The number of benzene rings is 2. The van der Waals surface area contributed by atoms with E-state index in [4.69, 9.17) is 0 Å². The summed E-state index contributed by atoms with van der Waals surface area (Å²) in [5.41, 5.74) is 1.46. The lowest BCUT2D eigenvalue weighted by atomic mass is 10.0. The van der Waals surface area contributed by atoms with Crippen LogP contribution in [0, 0.1) is 18.7 Å². The SMILES string of the molecule is Cc1ccccc1C(=O)NC(C(=O)NCCCSc1ccc(F)cc1)C(C)C. The Kier molecular flexibility index (Phi) is 8.51. The van der Waals surface area contributed by atoms with Crippen LogP contribution in [0.4, 0.5) is 4.39 Å². The Hall–Kier alpha value is -2.34. The monoisotopic (exact) mass is 402 g/mol. The standard InChI is InChI=1S/C22H27FN2O2S/c1-15(2)20(25-21(26)19-8-5-4-7-16(19)3)22(27)24-13-6-14-28-18-11-9-17(23)10-12-18/h4-5,7-12,15,20H,6,13-14H2,1-3H3,(H,24,27)(H,25,26). The quantitative estimate of drug-likeness (QED) is 0.488. The number of amides is 2. The molecule has 4 nitrogen and oxygen atoms in total. The highest BCUT2D eigenvalue weighted by molar-refractivity contribution is 7.99. The Morgan fingerprint density at radius 2 is 1.75 bits per heavy atom. The molecule has 2 aromatic rings. The van der Waals surface area contributed by atoms with Crippen molar-refractivity contribution in [1.29, 1.82) is 0 Å². The largest absolute Gasteiger partial charge is 0.354 e. The van der Waals surface area contributed by atoms with Gasteiger partial charge in [-0.3, -0.25) is 9.59 Å². The Morgan fingerprint density at radius 3 is 2.39 bits per heavy atom. The van der Waals surface area contributed by atoms with E-state index in [1.165, 1.54) is 12.1 Å². The number of hydrogen-bond acceptors (Lipinski definition) is 3. The van der Waals surface area contributed by atoms with Gasteiger partial charge in [0.05, 0.1) is 0 Å². The van der Waals surface area contributed by atoms with Crippen LogP contribution in [-0.2, 0) is 4.79 Å². The van der Waals surface area contributed by atoms with E-state index in [-0.39, 0.29) is 23.5 Å². The molecule has 28 heavy (non-hydrogen) atoms. The third-order valence-electron chi connectivity index (χ3n) is 4.33. The van der Waals surface area contributed by atoms with Crippen LogP contribution < -0.4 is 10.6 Å². The minimum absolute atomic E-state index is 0.0263. The van der Waals surface area contributed by atoms with E-state index in [2.05, 4.69) is 10.6 Å². The molecule has 0 saturated carbocycles. The molecule has 0 aliphatic heterocycles. The van der Waals surface area contributed by atoms with Gasteiger partial charge in [0, 0.05) is 17.0 Å². The molecule has 2 N–H and O–H groups in total. The lowest BCUT2D eigenvalue weighted by Crippen LogP contribution is -2.50. The van der Waals surface area contributed by atoms with Crippen LogP contribution in [-0.4, -0.2) is 30.2 Å². The van der Waals surface area contributed by atoms with E-state index >= 15 is 0 Å². The number of aryl methyl sites for hydroxylation is 1. The second-order valence-corrected chi connectivity index (χ2v) is 8.13. The number of rotatable bonds is 9. The average molecular weight is 403 g/mol. The first kappa shape index (κ1) is 22.0. The van der Waals surface area contributed by atoms with Crippen LogP contribution in [0.15, 0.2) is 53.4 Å². The van der Waals surface area contributed by atoms with E-state index < -0.39 is 6.04 Å². The molecule has 1 unspecified atom stereocenters. The maximum atomic E-state index is 12.9. The molecule has 150 valence electrons. The molecule has 0 aromatic heterocycles. The molecule has 1 atom stereocenters. The van der Waals surface area contributed by atoms with Gasteiger partial charge in [-0.05, 0) is 60.9 Å². The molecule has 0 saturated heterocycles. The molecule has 0 aliphatic rings. The number of carbonyl (C=O) groups is 2. The first-order chi connectivity index (χ1) is 13.4. The fourth-order valence-corrected chi connectivity index (χ4v) is 3.55. The van der Waals surface area contributed by atoms with Crippen molar-refractivity contribution < 1.29 is 14.0 Å². The van der Waals surface area contributed by atoms with Crippen LogP contribution in [0.25, 0.3) is 0 Å². The second kappa shape index (κ2) is 10.9. The first-order valence-corrected chi connectivity index (χ1v) is 10.4. The lowest BCUT2D eigenvalue weighted by Gasteiger charge is -2.22. The molecule has 0 aliphatic carbocycles. The smallest absolute Gasteiger partial charge is 0.252 e. The van der Waals surface area contributed by atoms with Gasteiger partial charge in [-0.1, -0.05) is 32.0 Å². The molecular weight excluding hydrogens is 375 g/mol. The van der Waals surface area contributed by atoms with Crippen molar-refractivity contribution in [3.63, 3.8) is 0 Å². The van der Waals surface area contributed by atoms with Crippen molar-refractivity contribution in [1.82, 2.24) is 10.6 Å². The predicted octanol–water partition coefficient (Wildman–Crippen LogP) is 4.19. The van der Waals surface area contributed by atoms with Crippen molar-refractivity contribution in [2.45, 2.75) is 38.1 Å². The van der Waals surface area contributed by atoms with Gasteiger partial charge >= 0.3 is 0 Å². The Labute approximate surface area is 170 Å². The number of halogens is 1. The van der Waals surface area contributed by atoms with Crippen LogP contribution in [0.1, 0.15) is 36.2 Å². The molecular formula is C22H27FN2O2S. The van der Waals surface area contributed by atoms with Gasteiger partial charge in [0.2, 0.25) is 5.91 Å². The third kappa shape index (κ3) is 6.68. The van der Waals surface area contributed by atoms with Gasteiger partial charge in [0.15, 0.2) is 0 Å². The maximum absolute atomic E-state index is 12.9. The molecule has 0 fully saturated rings. The molecule has 2 aromatic carbocycles. The summed E-state index contributed by atoms with van der Waals surface area (Å²) in [4.78, 5) is 26.1. The van der Waals surface area contributed by atoms with E-state index in [1.807, 2.05) is 39.0 Å². The van der Waals surface area contributed by atoms with Crippen molar-refractivity contribution in [2.75, 3.05) is 12.3 Å². The number of thioether (sulfide) groups is 1. The zero-order valence-electron chi connectivity index (χ0n) is 16.5. The zero-order valence-corrected chi connectivity index (χ0v) is 17.3. The molecule has 6 heteroatoms. The average Bonchev–Trinajstić information content (AvgIpc) is 2.67. The second-order valence-electron chi connectivity index (χ2n) is 6.96. The summed E-state index contributed by atoms with van der Waals surface area (Å²) in [5, 5.41) is 5.76. The van der Waals surface area contributed by atoms with Gasteiger partial charge in [-0.15, -0.1) is 11.8 Å². The molecule has 0 radical (unpaired) electrons. The van der Waals surface area contributed by atoms with Crippen molar-refractivity contribution in [3.8, 4) is 0 Å². The fraction of sp³-hybridized carbons (Fsp3) is 0.364. The molecule has 2 amide bonds. The van der Waals surface area contributed by atoms with E-state index in [0.29, 0.717) is 12.1 Å². The maximum Gasteiger partial charge on any atom is 0.252 e. The molecule has 0 heterocycles. The topological polar surface area (TPSA) is 58.2 Å². The summed E-state index contributed by atoms with van der Waals surface area (Å²) >= 11 is 1.62. The third-order valence-corrected chi connectivity index (χ3v) is 5.43. The predicted molar refractivity (Wildman–Crippen MR) is 112 cm³/mol. The van der Waals surface area contributed by atoms with Crippen molar-refractivity contribution in [3.05, 3.63) is 65.5 Å². The summed E-state index contributed by atoms with van der Waals surface area (Å²) < 4.78 is 12.9. The summed E-state index contributed by atoms with van der Waals surface area (Å²) in [6, 6.07) is 13.1. The normalized spacial score (nSPS) is 11.9. The minimum Gasteiger partial charge on any atom is -0.354 e. The van der Waals surface area contributed by atoms with E-state index in [9.17, 15) is 14.0 Å². The summed E-state index contributed by atoms with van der Waals surface area (Å²) in [6.07, 6.45) is 0.782. The van der Waals surface area contributed by atoms with Crippen LogP contribution in [0.5, 0.6) is 0 Å². The van der Waals surface area contributed by atoms with Crippen LogP contribution in [0.3, 0.4) is 0 Å². The van der Waals surface area contributed by atoms with Gasteiger partial charge in [0.1, 0.15) is 11.9 Å². The molecule has 2 rings (SSSR count). The van der Waals surface area contributed by atoms with Crippen LogP contribution in [0.2, 0.25) is 0 Å². The van der Waals surface area contributed by atoms with Gasteiger partial charge in [-0.2, -0.15) is 0 Å². The Balaban J connectivity index is 1.79. The van der Waals surface area contributed by atoms with E-state index in [0.717, 1.165) is 22.6 Å². The summed E-state index contributed by atoms with van der Waals surface area (Å²) in [5.74, 6) is 0.126. The highest BCUT2D eigenvalue weighted by Gasteiger charge is 2.24. The minimum atomic E-state index is -0.586. The molecule has 0 bridgehead atoms. The number of nitrogens with one attached hydrogen (secondary N) is 2. The van der Waals surface area contributed by atoms with Crippen LogP contribution >= 0.6 is 11.8 Å². The zero-order chi connectivity index (χ0) is 20.5. The number of carbonyl (C=O) groups excluding carboxylic acids is 2. The fourth-order valence-electron chi connectivity index (χ4n) is 2.70. The summed E-state index contributed by atoms with van der Waals surface area (Å²) in [6.45, 7) is 6.22. The first-order valence-electron chi connectivity index (χ1n) is 9.41. The Bertz CT molecular complexity index is 793. The van der Waals surface area contributed by atoms with Crippen molar-refractivity contribution >= 4 is 23.6 Å². The lowest BCUT2D eigenvalue weighted by molar-refractivity contribution is -0.123. The Morgan fingerprint density at radius 1 is 1.07 bits per heavy atom. The van der Waals surface area contributed by atoms with Gasteiger partial charge in [0.25, 0.3) is 5.91 Å². The van der Waals surface area contributed by atoms with E-state index in [1.54, 1.807) is 30.0 Å². The molecule has 0 spiro atoms. The summed E-state index contributed by atoms with van der Waals surface area (Å²) in [7, 11) is 0.